The monoisotopic (exact) mass is 266 g/mol. The molecule has 0 saturated heterocycles. The topological polar surface area (TPSA) is 9.23 Å². The number of allylic oxidation sites excluding steroid dienone is 1. The Balaban J connectivity index is 2.07. The molecule has 0 bridgehead atoms. The summed E-state index contributed by atoms with van der Waals surface area (Å²) < 4.78 is 7.02. The van der Waals surface area contributed by atoms with Crippen molar-refractivity contribution in [2.75, 3.05) is 0 Å². The molecule has 0 fully saturated rings. The van der Waals surface area contributed by atoms with E-state index in [0.29, 0.717) is 0 Å². The van der Waals surface area contributed by atoms with Crippen molar-refractivity contribution >= 4 is 15.9 Å². The largest absolute Gasteiger partial charge is 0.486 e. The standard InChI is InChI=1S/C13H15BrO/c1-10-9-12(7-8-13(10)14)15-11-5-3-2-4-6-11/h3,5,7-9,11H,2,4,6H2,1H3. The lowest BCUT2D eigenvalue weighted by molar-refractivity contribution is 0.230. The van der Waals surface area contributed by atoms with Gasteiger partial charge in [-0.1, -0.05) is 22.0 Å². The van der Waals surface area contributed by atoms with E-state index in [1.54, 1.807) is 0 Å². The molecular weight excluding hydrogens is 252 g/mol. The molecule has 2 heteroatoms. The number of hydrogen-bond acceptors (Lipinski definition) is 1. The molecule has 1 aromatic carbocycles. The Bertz CT molecular complexity index is 371. The highest BCUT2D eigenvalue weighted by atomic mass is 79.9. The van der Waals surface area contributed by atoms with Crippen molar-refractivity contribution in [2.24, 2.45) is 0 Å². The van der Waals surface area contributed by atoms with Crippen LogP contribution in [0.2, 0.25) is 0 Å². The maximum absolute atomic E-state index is 5.88. The lowest BCUT2D eigenvalue weighted by Gasteiger charge is -2.18. The molecule has 2 rings (SSSR count). The number of benzene rings is 1. The number of rotatable bonds is 2. The summed E-state index contributed by atoms with van der Waals surface area (Å²) in [5, 5.41) is 0. The summed E-state index contributed by atoms with van der Waals surface area (Å²) in [6.45, 7) is 2.08. The summed E-state index contributed by atoms with van der Waals surface area (Å²) in [5.41, 5.74) is 1.22. The molecule has 0 aliphatic heterocycles. The van der Waals surface area contributed by atoms with Gasteiger partial charge in [0.15, 0.2) is 0 Å². The maximum atomic E-state index is 5.88. The number of ether oxygens (including phenoxy) is 1. The van der Waals surface area contributed by atoms with Gasteiger partial charge in [0.25, 0.3) is 0 Å². The Morgan fingerprint density at radius 1 is 1.40 bits per heavy atom. The van der Waals surface area contributed by atoms with Crippen LogP contribution in [-0.2, 0) is 0 Å². The molecule has 0 radical (unpaired) electrons. The second kappa shape index (κ2) is 4.84. The van der Waals surface area contributed by atoms with Gasteiger partial charge >= 0.3 is 0 Å². The fraction of sp³-hybridized carbons (Fsp3) is 0.385. The van der Waals surface area contributed by atoms with Gasteiger partial charge in [0, 0.05) is 4.47 Å². The first-order chi connectivity index (χ1) is 7.25. The van der Waals surface area contributed by atoms with Crippen LogP contribution in [0.5, 0.6) is 5.75 Å². The zero-order chi connectivity index (χ0) is 10.7. The van der Waals surface area contributed by atoms with Crippen LogP contribution in [0.25, 0.3) is 0 Å². The second-order valence-electron chi connectivity index (χ2n) is 3.93. The smallest absolute Gasteiger partial charge is 0.120 e. The van der Waals surface area contributed by atoms with E-state index in [1.807, 2.05) is 12.1 Å². The zero-order valence-electron chi connectivity index (χ0n) is 8.87. The number of aryl methyl sites for hydroxylation is 1. The molecule has 80 valence electrons. The molecule has 0 heterocycles. The molecule has 0 saturated carbocycles. The molecular formula is C13H15BrO. The summed E-state index contributed by atoms with van der Waals surface area (Å²) in [7, 11) is 0. The number of hydrogen-bond donors (Lipinski definition) is 0. The molecule has 1 nitrogen and oxygen atoms in total. The van der Waals surface area contributed by atoms with E-state index in [0.717, 1.165) is 16.6 Å². The van der Waals surface area contributed by atoms with Gasteiger partial charge < -0.3 is 4.74 Å². The average molecular weight is 267 g/mol. The van der Waals surface area contributed by atoms with Crippen LogP contribution >= 0.6 is 15.9 Å². The van der Waals surface area contributed by atoms with Gasteiger partial charge in [-0.05, 0) is 56.0 Å². The zero-order valence-corrected chi connectivity index (χ0v) is 10.5. The Morgan fingerprint density at radius 2 is 2.27 bits per heavy atom. The van der Waals surface area contributed by atoms with Crippen LogP contribution in [0.1, 0.15) is 24.8 Å². The Hall–Kier alpha value is -0.760. The molecule has 0 N–H and O–H groups in total. The van der Waals surface area contributed by atoms with Crippen molar-refractivity contribution in [3.63, 3.8) is 0 Å². The van der Waals surface area contributed by atoms with Gasteiger partial charge in [-0.2, -0.15) is 0 Å². The summed E-state index contributed by atoms with van der Waals surface area (Å²) >= 11 is 3.49. The van der Waals surface area contributed by atoms with E-state index in [1.165, 1.54) is 18.4 Å². The van der Waals surface area contributed by atoms with Gasteiger partial charge in [0.05, 0.1) is 0 Å². The van der Waals surface area contributed by atoms with Crippen molar-refractivity contribution in [2.45, 2.75) is 32.3 Å². The third-order valence-corrected chi connectivity index (χ3v) is 3.52. The molecule has 0 aromatic heterocycles. The first kappa shape index (κ1) is 10.7. The number of halogens is 1. The fourth-order valence-electron chi connectivity index (χ4n) is 1.74. The molecule has 1 unspecified atom stereocenters. The minimum absolute atomic E-state index is 0.263. The van der Waals surface area contributed by atoms with Crippen molar-refractivity contribution < 1.29 is 4.74 Å². The van der Waals surface area contributed by atoms with Gasteiger partial charge in [-0.15, -0.1) is 0 Å². The third kappa shape index (κ3) is 2.85. The SMILES string of the molecule is Cc1cc(OC2C=CCCC2)ccc1Br. The molecule has 1 atom stereocenters. The first-order valence-electron chi connectivity index (χ1n) is 5.35. The van der Waals surface area contributed by atoms with Crippen molar-refractivity contribution in [3.8, 4) is 5.75 Å². The minimum Gasteiger partial charge on any atom is -0.486 e. The summed E-state index contributed by atoms with van der Waals surface area (Å²) in [6, 6.07) is 6.13. The van der Waals surface area contributed by atoms with E-state index >= 15 is 0 Å². The molecule has 1 aliphatic rings. The highest BCUT2D eigenvalue weighted by molar-refractivity contribution is 9.10. The normalized spacial score (nSPS) is 20.3. The highest BCUT2D eigenvalue weighted by Crippen LogP contribution is 2.24. The van der Waals surface area contributed by atoms with E-state index in [2.05, 4.69) is 41.1 Å². The van der Waals surface area contributed by atoms with Crippen molar-refractivity contribution in [1.29, 1.82) is 0 Å². The Labute approximate surface area is 99.3 Å². The van der Waals surface area contributed by atoms with Crippen LogP contribution < -0.4 is 4.74 Å². The molecule has 0 amide bonds. The van der Waals surface area contributed by atoms with E-state index in [-0.39, 0.29) is 6.10 Å². The van der Waals surface area contributed by atoms with Crippen LogP contribution in [0.4, 0.5) is 0 Å². The predicted molar refractivity (Wildman–Crippen MR) is 66.3 cm³/mol. The molecule has 0 spiro atoms. The van der Waals surface area contributed by atoms with Crippen LogP contribution in [0, 0.1) is 6.92 Å². The summed E-state index contributed by atoms with van der Waals surface area (Å²) in [4.78, 5) is 0. The van der Waals surface area contributed by atoms with Gasteiger partial charge in [0.1, 0.15) is 11.9 Å². The van der Waals surface area contributed by atoms with Crippen LogP contribution in [0.3, 0.4) is 0 Å². The van der Waals surface area contributed by atoms with Gasteiger partial charge in [-0.3, -0.25) is 0 Å². The third-order valence-electron chi connectivity index (χ3n) is 2.63. The van der Waals surface area contributed by atoms with Crippen molar-refractivity contribution in [1.82, 2.24) is 0 Å². The van der Waals surface area contributed by atoms with E-state index in [9.17, 15) is 0 Å². The summed E-state index contributed by atoms with van der Waals surface area (Å²) in [5.74, 6) is 0.965. The van der Waals surface area contributed by atoms with Gasteiger partial charge in [-0.25, -0.2) is 0 Å². The lowest BCUT2D eigenvalue weighted by atomic mass is 10.1. The van der Waals surface area contributed by atoms with E-state index < -0.39 is 0 Å². The maximum Gasteiger partial charge on any atom is 0.120 e. The highest BCUT2D eigenvalue weighted by Gasteiger charge is 2.09. The predicted octanol–water partition coefficient (Wildman–Crippen LogP) is 4.25. The van der Waals surface area contributed by atoms with E-state index in [4.69, 9.17) is 4.74 Å². The first-order valence-corrected chi connectivity index (χ1v) is 6.14. The Morgan fingerprint density at radius 3 is 2.93 bits per heavy atom. The Kier molecular flexibility index (Phi) is 3.47. The molecule has 15 heavy (non-hydrogen) atoms. The minimum atomic E-state index is 0.263. The second-order valence-corrected chi connectivity index (χ2v) is 4.78. The molecule has 1 aliphatic carbocycles. The average Bonchev–Trinajstić information content (AvgIpc) is 2.25. The lowest BCUT2D eigenvalue weighted by Crippen LogP contribution is -2.15. The van der Waals surface area contributed by atoms with Crippen molar-refractivity contribution in [3.05, 3.63) is 40.4 Å². The quantitative estimate of drug-likeness (QED) is 0.728. The summed E-state index contributed by atoms with van der Waals surface area (Å²) in [6.07, 6.45) is 8.20. The van der Waals surface area contributed by atoms with Crippen LogP contribution in [0.15, 0.2) is 34.8 Å². The van der Waals surface area contributed by atoms with Crippen LogP contribution in [-0.4, -0.2) is 6.10 Å². The molecule has 1 aromatic rings. The fourth-order valence-corrected chi connectivity index (χ4v) is 1.99. The van der Waals surface area contributed by atoms with Gasteiger partial charge in [0.2, 0.25) is 0 Å².